The van der Waals surface area contributed by atoms with Gasteiger partial charge in [-0.3, -0.25) is 4.57 Å². The molecule has 0 aliphatic carbocycles. The molecule has 0 radical (unpaired) electrons. The Morgan fingerprint density at radius 2 is 1.76 bits per heavy atom. The van der Waals surface area contributed by atoms with Crippen molar-refractivity contribution in [3.8, 4) is 5.69 Å². The largest absolute Gasteiger partial charge is 0.365 e. The molecule has 4 rings (SSSR count). The van der Waals surface area contributed by atoms with Crippen molar-refractivity contribution < 1.29 is 9.42 Å². The summed E-state index contributed by atoms with van der Waals surface area (Å²) in [6, 6.07) is 13.6. The van der Waals surface area contributed by atoms with E-state index >= 15 is 0 Å². The number of H-pyrrole nitrogens is 1. The van der Waals surface area contributed by atoms with Crippen LogP contribution in [0.15, 0.2) is 58.6 Å². The molecule has 2 aromatic heterocycles. The predicted molar refractivity (Wildman–Crippen MR) is 200 cm³/mol. The lowest BCUT2D eigenvalue weighted by Gasteiger charge is -2.21. The second kappa shape index (κ2) is 17.6. The molecule has 0 saturated heterocycles. The number of guanidine groups is 1. The van der Waals surface area contributed by atoms with Gasteiger partial charge in [0.15, 0.2) is 5.03 Å². The van der Waals surface area contributed by atoms with E-state index in [2.05, 4.69) is 46.5 Å². The molecule has 12 nitrogen and oxygen atoms in total. The Balaban J connectivity index is 0.000000319. The molecule has 2 heterocycles. The third kappa shape index (κ3) is 12.2. The van der Waals surface area contributed by atoms with Crippen LogP contribution >= 0.6 is 11.6 Å². The van der Waals surface area contributed by atoms with Crippen LogP contribution in [0.3, 0.4) is 0 Å². The van der Waals surface area contributed by atoms with Crippen molar-refractivity contribution >= 4 is 28.6 Å². The third-order valence-corrected chi connectivity index (χ3v) is 8.18. The van der Waals surface area contributed by atoms with Gasteiger partial charge in [-0.25, -0.2) is 19.3 Å². The van der Waals surface area contributed by atoms with Crippen molar-refractivity contribution in [3.05, 3.63) is 102 Å². The number of hydrogen-bond acceptors (Lipinski definition) is 6. The second-order valence-electron chi connectivity index (χ2n) is 14.5. The fraction of sp³-hybridized carbons (Fsp3) is 0.472. The molecule has 1 atom stereocenters. The molecule has 14 heteroatoms. The Bertz CT molecular complexity index is 1820. The normalized spacial score (nSPS) is 12.8. The maximum absolute atomic E-state index is 14.0. The summed E-state index contributed by atoms with van der Waals surface area (Å²) >= 11 is 5.97. The minimum absolute atomic E-state index is 0.0610. The number of hydrogen-bond donors (Lipinski definition) is 5. The molecule has 0 aliphatic rings. The Kier molecular flexibility index (Phi) is 14.1. The summed E-state index contributed by atoms with van der Waals surface area (Å²) in [6.07, 6.45) is 5.40. The lowest BCUT2D eigenvalue weighted by Crippen LogP contribution is -2.34. The molecule has 0 spiro atoms. The summed E-state index contributed by atoms with van der Waals surface area (Å²) in [5.74, 6) is -0.497. The summed E-state index contributed by atoms with van der Waals surface area (Å²) in [6.45, 7) is 16.1. The molecule has 2 aromatic carbocycles. The summed E-state index contributed by atoms with van der Waals surface area (Å²) in [5, 5.41) is 19.4. The van der Waals surface area contributed by atoms with Crippen LogP contribution in [0, 0.1) is 15.9 Å². The summed E-state index contributed by atoms with van der Waals surface area (Å²) in [4.78, 5) is 30.1. The van der Waals surface area contributed by atoms with E-state index in [0.29, 0.717) is 30.8 Å². The highest BCUT2D eigenvalue weighted by Crippen LogP contribution is 2.31. The van der Waals surface area contributed by atoms with Gasteiger partial charge in [0.25, 0.3) is 5.96 Å². The molecule has 0 saturated carbocycles. The average Bonchev–Trinajstić information content (AvgIpc) is 3.43. The van der Waals surface area contributed by atoms with Crippen LogP contribution in [0.1, 0.15) is 90.1 Å². The Labute approximate surface area is 298 Å². The van der Waals surface area contributed by atoms with E-state index in [1.165, 1.54) is 0 Å². The standard InChI is InChI=1S/C21H28N8O3.C15H23ClFN/c1-21(2,3)17-11-15-13-28(20(30)26-18(15)25-17)16-7-5-14(6-8-16)12-23-9-4-10-24-19(22)27-29(31)32;1-10(18)6-5-7-11-8-12(15(2,3)4)14(17)13(16)9-11/h5-8,11,13,23H,4,9-10,12H2,1-3H3,(H3,22,24,27)(H,25,26,30);8-10H,5-7,18H2,1-4H3/t;10-/m.0/s1. The number of rotatable bonds is 12. The molecule has 272 valence electrons. The zero-order valence-electron chi connectivity index (χ0n) is 30.1. The molecular weight excluding hydrogens is 661 g/mol. The maximum Gasteiger partial charge on any atom is 0.354 e. The quantitative estimate of drug-likeness (QED) is 0.0388. The number of nitro groups is 1. The summed E-state index contributed by atoms with van der Waals surface area (Å²) in [7, 11) is 0. The van der Waals surface area contributed by atoms with E-state index in [1.807, 2.05) is 70.3 Å². The zero-order chi connectivity index (χ0) is 37.2. The summed E-state index contributed by atoms with van der Waals surface area (Å²) in [5.41, 5.74) is 15.7. The van der Waals surface area contributed by atoms with Crippen molar-refractivity contribution in [1.29, 1.82) is 0 Å². The van der Waals surface area contributed by atoms with Gasteiger partial charge in [0.1, 0.15) is 16.6 Å². The molecule has 0 fully saturated rings. The van der Waals surface area contributed by atoms with Crippen LogP contribution in [0.5, 0.6) is 0 Å². The molecule has 50 heavy (non-hydrogen) atoms. The van der Waals surface area contributed by atoms with Crippen LogP contribution in [-0.4, -0.2) is 44.7 Å². The van der Waals surface area contributed by atoms with Gasteiger partial charge in [-0.15, -0.1) is 0 Å². The smallest absolute Gasteiger partial charge is 0.354 e. The van der Waals surface area contributed by atoms with Gasteiger partial charge >= 0.3 is 5.69 Å². The maximum atomic E-state index is 14.0. The SMILES string of the molecule is CC(C)(C)c1cc2cn(-c3ccc(CNCCCN/C(N)=N\[N+](=O)[O-])cc3)c(=O)nc2[nH]1.C[C@H](N)CCCc1cc(Cl)c(F)c(C(C)(C)C)c1. The molecule has 4 aromatic rings. The molecular formula is C36H51ClFN9O3. The van der Waals surface area contributed by atoms with E-state index in [9.17, 15) is 19.3 Å². The van der Waals surface area contributed by atoms with E-state index in [-0.39, 0.29) is 39.4 Å². The van der Waals surface area contributed by atoms with Gasteiger partial charge in [-0.2, -0.15) is 4.98 Å². The van der Waals surface area contributed by atoms with Gasteiger partial charge in [0, 0.05) is 41.8 Å². The number of benzene rings is 2. The zero-order valence-corrected chi connectivity index (χ0v) is 30.8. The first-order chi connectivity index (χ1) is 23.3. The fourth-order valence-corrected chi connectivity index (χ4v) is 5.35. The van der Waals surface area contributed by atoms with Crippen LogP contribution in [0.4, 0.5) is 4.39 Å². The average molecular weight is 712 g/mol. The van der Waals surface area contributed by atoms with E-state index in [4.69, 9.17) is 23.1 Å². The number of hydrazone groups is 1. The highest BCUT2D eigenvalue weighted by Gasteiger charge is 2.21. The van der Waals surface area contributed by atoms with Crippen molar-refractivity contribution in [2.45, 2.75) is 97.6 Å². The van der Waals surface area contributed by atoms with Gasteiger partial charge in [0.2, 0.25) is 0 Å². The van der Waals surface area contributed by atoms with Crippen molar-refractivity contribution in [2.24, 2.45) is 16.6 Å². The lowest BCUT2D eigenvalue weighted by atomic mass is 9.85. The Morgan fingerprint density at radius 3 is 2.36 bits per heavy atom. The van der Waals surface area contributed by atoms with Gasteiger partial charge in [-0.05, 0) is 85.5 Å². The minimum Gasteiger partial charge on any atom is -0.365 e. The van der Waals surface area contributed by atoms with Crippen LogP contribution in [0.2, 0.25) is 5.02 Å². The van der Waals surface area contributed by atoms with Gasteiger partial charge < -0.3 is 27.1 Å². The number of aryl methyl sites for hydroxylation is 1. The molecule has 0 bridgehead atoms. The van der Waals surface area contributed by atoms with Gasteiger partial charge in [-0.1, -0.05) is 71.3 Å². The molecule has 7 N–H and O–H groups in total. The fourth-order valence-electron chi connectivity index (χ4n) is 5.11. The Hall–Kier alpha value is -4.33. The van der Waals surface area contributed by atoms with E-state index in [1.54, 1.807) is 10.6 Å². The number of nitrogens with zero attached hydrogens (tertiary/aromatic N) is 4. The first-order valence-corrected chi connectivity index (χ1v) is 17.1. The topological polar surface area (TPSA) is 182 Å². The van der Waals surface area contributed by atoms with Crippen molar-refractivity contribution in [2.75, 3.05) is 13.1 Å². The highest BCUT2D eigenvalue weighted by molar-refractivity contribution is 6.30. The number of aromatic amines is 1. The first kappa shape index (κ1) is 40.1. The highest BCUT2D eigenvalue weighted by atomic mass is 35.5. The second-order valence-corrected chi connectivity index (χ2v) is 14.9. The Morgan fingerprint density at radius 1 is 1.08 bits per heavy atom. The minimum atomic E-state index is -0.839. The molecule has 0 unspecified atom stereocenters. The number of aromatic nitrogens is 3. The van der Waals surface area contributed by atoms with Crippen molar-refractivity contribution in [1.82, 2.24) is 25.2 Å². The van der Waals surface area contributed by atoms with Crippen molar-refractivity contribution in [3.63, 3.8) is 0 Å². The van der Waals surface area contributed by atoms with E-state index < -0.39 is 5.03 Å². The lowest BCUT2D eigenvalue weighted by molar-refractivity contribution is -0.485. The number of halogens is 2. The number of fused-ring (bicyclic) bond motifs is 1. The molecule has 0 amide bonds. The van der Waals surface area contributed by atoms with Crippen LogP contribution < -0.4 is 27.8 Å². The number of nitrogens with two attached hydrogens (primary N) is 2. The first-order valence-electron chi connectivity index (χ1n) is 16.7. The van der Waals surface area contributed by atoms with E-state index in [0.717, 1.165) is 53.6 Å². The van der Waals surface area contributed by atoms with Crippen LogP contribution in [-0.2, 0) is 23.8 Å². The molecule has 0 aliphatic heterocycles. The number of nitrogens with one attached hydrogen (secondary N) is 3. The monoisotopic (exact) mass is 711 g/mol. The third-order valence-electron chi connectivity index (χ3n) is 7.91. The van der Waals surface area contributed by atoms with Crippen LogP contribution in [0.25, 0.3) is 16.7 Å². The summed E-state index contributed by atoms with van der Waals surface area (Å²) < 4.78 is 15.5. The van der Waals surface area contributed by atoms with Gasteiger partial charge in [0.05, 0.1) is 10.7 Å². The predicted octanol–water partition coefficient (Wildman–Crippen LogP) is 6.03.